The van der Waals surface area contributed by atoms with Crippen LogP contribution in [0.2, 0.25) is 0 Å². The monoisotopic (exact) mass is 326 g/mol. The lowest BCUT2D eigenvalue weighted by atomic mass is 9.97. The van der Waals surface area contributed by atoms with Gasteiger partial charge in [0, 0.05) is 5.92 Å². The quantitative estimate of drug-likeness (QED) is 0.327. The third-order valence-corrected chi connectivity index (χ3v) is 7.98. The minimum absolute atomic E-state index is 0.0953. The van der Waals surface area contributed by atoms with Crippen LogP contribution in [0.1, 0.15) is 13.3 Å². The van der Waals surface area contributed by atoms with Crippen molar-refractivity contribution in [3.05, 3.63) is 0 Å². The number of rotatable bonds is 2. The molecule has 0 amide bonds. The SMILES string of the molecule is CCO[S+]1[C@@H]2C3CC([C@H]2Cl)[C@H](Cl)[C@H]31.F[B-](F)(F)F. The van der Waals surface area contributed by atoms with Crippen LogP contribution in [-0.4, -0.2) is 35.1 Å². The first-order chi connectivity index (χ1) is 8.25. The molecule has 0 radical (unpaired) electrons. The highest BCUT2D eigenvalue weighted by molar-refractivity contribution is 7.95. The van der Waals surface area contributed by atoms with Crippen molar-refractivity contribution in [2.24, 2.45) is 11.8 Å². The van der Waals surface area contributed by atoms with Gasteiger partial charge in [0.05, 0.1) is 16.7 Å². The van der Waals surface area contributed by atoms with Gasteiger partial charge in [-0.1, -0.05) is 0 Å². The second-order valence-electron chi connectivity index (χ2n) is 4.61. The van der Waals surface area contributed by atoms with Gasteiger partial charge in [0.15, 0.2) is 21.7 Å². The fourth-order valence-electron chi connectivity index (χ4n) is 3.15. The van der Waals surface area contributed by atoms with Crippen LogP contribution in [0.15, 0.2) is 0 Å². The van der Waals surface area contributed by atoms with Gasteiger partial charge in [0.1, 0.15) is 6.61 Å². The Hall–Kier alpha value is 0.675. The Morgan fingerprint density at radius 2 is 1.56 bits per heavy atom. The van der Waals surface area contributed by atoms with Crippen LogP contribution >= 0.6 is 23.2 Å². The lowest BCUT2D eigenvalue weighted by molar-refractivity contribution is 0.326. The van der Waals surface area contributed by atoms with Gasteiger partial charge in [-0.3, -0.25) is 0 Å². The van der Waals surface area contributed by atoms with E-state index in [1.54, 1.807) is 0 Å². The Morgan fingerprint density at radius 3 is 1.83 bits per heavy atom. The molecule has 18 heavy (non-hydrogen) atoms. The van der Waals surface area contributed by atoms with Gasteiger partial charge in [-0.15, -0.1) is 23.2 Å². The average Bonchev–Trinajstić information content (AvgIpc) is 2.59. The van der Waals surface area contributed by atoms with E-state index in [2.05, 4.69) is 6.92 Å². The smallest absolute Gasteiger partial charge is 0.418 e. The molecule has 0 aromatic heterocycles. The molecule has 1 nitrogen and oxygen atoms in total. The number of alkyl halides is 2. The molecule has 9 heteroatoms. The Kier molecular flexibility index (Phi) is 4.37. The molecule has 2 saturated carbocycles. The van der Waals surface area contributed by atoms with Crippen LogP contribution in [0.5, 0.6) is 0 Å². The predicted octanol–water partition coefficient (Wildman–Crippen LogP) is 3.47. The standard InChI is InChI=1S/C9H13Cl2OS.BF4/c1-2-12-13-8-5-3-4(6(8)10)7(11)9(5)13;2-1(3,4)5/h4-9H,2-3H2,1H3;/q+1;-1/t4?,5?,6-,7+,8-,9+,13?;. The lowest BCUT2D eigenvalue weighted by Gasteiger charge is -2.42. The summed E-state index contributed by atoms with van der Waals surface area (Å²) in [5.74, 6) is 1.37. The summed E-state index contributed by atoms with van der Waals surface area (Å²) in [6.45, 7) is 2.86. The van der Waals surface area contributed by atoms with Crippen molar-refractivity contribution in [1.82, 2.24) is 0 Å². The fourth-order valence-corrected chi connectivity index (χ4v) is 7.57. The summed E-state index contributed by atoms with van der Waals surface area (Å²) >= 11 is 12.8. The topological polar surface area (TPSA) is 9.23 Å². The molecule has 3 rings (SSSR count). The molecule has 1 heterocycles. The second kappa shape index (κ2) is 5.22. The molecule has 0 N–H and O–H groups in total. The zero-order valence-electron chi connectivity index (χ0n) is 9.54. The largest absolute Gasteiger partial charge is 0.673 e. The van der Waals surface area contributed by atoms with Gasteiger partial charge in [-0.05, 0) is 13.3 Å². The minimum Gasteiger partial charge on any atom is -0.418 e. The molecular formula is C9H13BCl2F4OS. The molecule has 1 aliphatic heterocycles. The first-order valence-electron chi connectivity index (χ1n) is 5.76. The molecule has 2 aliphatic carbocycles. The van der Waals surface area contributed by atoms with E-state index >= 15 is 0 Å². The third-order valence-electron chi connectivity index (χ3n) is 3.62. The highest BCUT2D eigenvalue weighted by Gasteiger charge is 2.79. The molecule has 0 aromatic carbocycles. The maximum Gasteiger partial charge on any atom is 0.673 e. The summed E-state index contributed by atoms with van der Waals surface area (Å²) < 4.78 is 44.7. The van der Waals surface area contributed by atoms with Crippen molar-refractivity contribution in [3.8, 4) is 0 Å². The molecule has 3 fully saturated rings. The number of hydrogen-bond donors (Lipinski definition) is 0. The highest BCUT2D eigenvalue weighted by atomic mass is 35.5. The number of fused-ring (bicyclic) bond motifs is 1. The summed E-state index contributed by atoms with van der Waals surface area (Å²) in [7, 11) is -6.00. The lowest BCUT2D eigenvalue weighted by Crippen LogP contribution is -2.63. The van der Waals surface area contributed by atoms with E-state index in [0.717, 1.165) is 12.5 Å². The van der Waals surface area contributed by atoms with Gasteiger partial charge in [-0.25, -0.2) is 0 Å². The Balaban J connectivity index is 0.000000209. The summed E-state index contributed by atoms with van der Waals surface area (Å²) in [4.78, 5) is 0. The molecule has 7 atom stereocenters. The maximum atomic E-state index is 9.75. The van der Waals surface area contributed by atoms with Gasteiger partial charge < -0.3 is 17.3 Å². The Labute approximate surface area is 116 Å². The van der Waals surface area contributed by atoms with Crippen LogP contribution in [0.25, 0.3) is 0 Å². The first kappa shape index (κ1) is 15.1. The van der Waals surface area contributed by atoms with Crippen LogP contribution < -0.4 is 0 Å². The zero-order chi connectivity index (χ0) is 13.7. The van der Waals surface area contributed by atoms with E-state index < -0.39 is 7.25 Å². The minimum atomic E-state index is -6.00. The van der Waals surface area contributed by atoms with E-state index in [1.807, 2.05) is 0 Å². The van der Waals surface area contributed by atoms with Crippen molar-refractivity contribution < 1.29 is 21.4 Å². The molecular weight excluding hydrogens is 314 g/mol. The van der Waals surface area contributed by atoms with Gasteiger partial charge in [0.2, 0.25) is 0 Å². The van der Waals surface area contributed by atoms with Crippen molar-refractivity contribution >= 4 is 41.6 Å². The van der Waals surface area contributed by atoms with Crippen LogP contribution in [-0.2, 0) is 15.4 Å². The number of hydrogen-bond acceptors (Lipinski definition) is 1. The van der Waals surface area contributed by atoms with Crippen molar-refractivity contribution in [1.29, 1.82) is 0 Å². The van der Waals surface area contributed by atoms with Gasteiger partial charge in [0.25, 0.3) is 0 Å². The Bertz CT molecular complexity index is 293. The molecule has 1 saturated heterocycles. The summed E-state index contributed by atoms with van der Waals surface area (Å²) in [5.41, 5.74) is 0. The first-order valence-corrected chi connectivity index (χ1v) is 7.91. The Morgan fingerprint density at radius 1 is 1.11 bits per heavy atom. The van der Waals surface area contributed by atoms with Crippen molar-refractivity contribution in [2.45, 2.75) is 34.6 Å². The molecule has 2 bridgehead atoms. The third kappa shape index (κ3) is 2.60. The van der Waals surface area contributed by atoms with Crippen LogP contribution in [0, 0.1) is 11.8 Å². The summed E-state index contributed by atoms with van der Waals surface area (Å²) in [6, 6.07) is 0. The molecule has 0 spiro atoms. The molecule has 3 unspecified atom stereocenters. The van der Waals surface area contributed by atoms with E-state index in [4.69, 9.17) is 27.4 Å². The van der Waals surface area contributed by atoms with Gasteiger partial charge in [-0.2, -0.15) is 4.18 Å². The van der Waals surface area contributed by atoms with E-state index in [0.29, 0.717) is 27.2 Å². The van der Waals surface area contributed by atoms with E-state index in [9.17, 15) is 17.3 Å². The summed E-state index contributed by atoms with van der Waals surface area (Å²) in [6.07, 6.45) is 1.26. The maximum absolute atomic E-state index is 9.75. The average molecular weight is 327 g/mol. The number of halogens is 6. The molecule has 106 valence electrons. The highest BCUT2D eigenvalue weighted by Crippen LogP contribution is 2.63. The zero-order valence-corrected chi connectivity index (χ0v) is 11.9. The second-order valence-corrected chi connectivity index (χ2v) is 7.60. The van der Waals surface area contributed by atoms with E-state index in [-0.39, 0.29) is 11.2 Å². The van der Waals surface area contributed by atoms with Crippen LogP contribution in [0.3, 0.4) is 0 Å². The summed E-state index contributed by atoms with van der Waals surface area (Å²) in [5, 5.41) is 1.89. The normalized spacial score (nSPS) is 48.5. The van der Waals surface area contributed by atoms with Gasteiger partial charge >= 0.3 is 7.25 Å². The van der Waals surface area contributed by atoms with Crippen LogP contribution in [0.4, 0.5) is 17.3 Å². The van der Waals surface area contributed by atoms with Crippen molar-refractivity contribution in [3.63, 3.8) is 0 Å². The van der Waals surface area contributed by atoms with E-state index in [1.165, 1.54) is 6.42 Å². The fraction of sp³-hybridized carbons (Fsp3) is 1.00. The molecule has 3 aliphatic rings. The molecule has 0 aromatic rings. The predicted molar refractivity (Wildman–Crippen MR) is 67.6 cm³/mol. The van der Waals surface area contributed by atoms with Crippen molar-refractivity contribution in [2.75, 3.05) is 6.61 Å².